The van der Waals surface area contributed by atoms with Crippen molar-refractivity contribution in [1.82, 2.24) is 9.78 Å². The molecule has 1 fully saturated rings. The number of nitrogens with zero attached hydrogens (tertiary/aromatic N) is 2. The molecule has 96 valence electrons. The van der Waals surface area contributed by atoms with Crippen LogP contribution in [0.4, 0.5) is 5.69 Å². The SMILES string of the molecule is CC(C)c1nn(C)cc1NC1CCCCCC1. The Morgan fingerprint density at radius 3 is 2.47 bits per heavy atom. The van der Waals surface area contributed by atoms with Crippen LogP contribution < -0.4 is 5.32 Å². The highest BCUT2D eigenvalue weighted by Gasteiger charge is 2.16. The Morgan fingerprint density at radius 1 is 1.24 bits per heavy atom. The van der Waals surface area contributed by atoms with Crippen LogP contribution in [0.1, 0.15) is 64.0 Å². The van der Waals surface area contributed by atoms with Crippen molar-refractivity contribution in [2.45, 2.75) is 64.3 Å². The molecule has 1 aliphatic rings. The molecule has 1 aliphatic carbocycles. The molecule has 3 heteroatoms. The van der Waals surface area contributed by atoms with E-state index in [9.17, 15) is 0 Å². The number of rotatable bonds is 3. The lowest BCUT2D eigenvalue weighted by molar-refractivity contribution is 0.618. The van der Waals surface area contributed by atoms with Crippen LogP contribution in [0.15, 0.2) is 6.20 Å². The minimum absolute atomic E-state index is 0.490. The Hall–Kier alpha value is -0.990. The molecule has 1 aromatic heterocycles. The monoisotopic (exact) mass is 235 g/mol. The van der Waals surface area contributed by atoms with Gasteiger partial charge in [0.15, 0.2) is 0 Å². The van der Waals surface area contributed by atoms with Crippen LogP contribution in [0.2, 0.25) is 0 Å². The highest BCUT2D eigenvalue weighted by atomic mass is 15.3. The minimum atomic E-state index is 0.490. The maximum Gasteiger partial charge on any atom is 0.0881 e. The van der Waals surface area contributed by atoms with E-state index in [-0.39, 0.29) is 0 Å². The maximum atomic E-state index is 4.55. The Bertz CT molecular complexity index is 346. The molecule has 0 radical (unpaired) electrons. The molecular formula is C14H25N3. The lowest BCUT2D eigenvalue weighted by atomic mass is 10.1. The standard InChI is InChI=1S/C14H25N3/c1-11(2)14-13(10-17(3)16-14)15-12-8-6-4-5-7-9-12/h10-12,15H,4-9H2,1-3H3. The second-order valence-corrected chi connectivity index (χ2v) is 5.59. The van der Waals surface area contributed by atoms with E-state index in [0.29, 0.717) is 12.0 Å². The Morgan fingerprint density at radius 2 is 1.88 bits per heavy atom. The minimum Gasteiger partial charge on any atom is -0.380 e. The van der Waals surface area contributed by atoms with E-state index in [1.165, 1.54) is 49.9 Å². The van der Waals surface area contributed by atoms with Crippen molar-refractivity contribution < 1.29 is 0 Å². The van der Waals surface area contributed by atoms with Gasteiger partial charge in [-0.05, 0) is 18.8 Å². The topological polar surface area (TPSA) is 29.9 Å². The number of hydrogen-bond acceptors (Lipinski definition) is 2. The molecule has 0 saturated heterocycles. The lowest BCUT2D eigenvalue weighted by Gasteiger charge is -2.18. The average molecular weight is 235 g/mol. The van der Waals surface area contributed by atoms with Crippen molar-refractivity contribution in [2.24, 2.45) is 7.05 Å². The third-order valence-corrected chi connectivity index (χ3v) is 3.62. The molecule has 0 aliphatic heterocycles. The molecule has 1 saturated carbocycles. The maximum absolute atomic E-state index is 4.55. The second kappa shape index (κ2) is 5.56. The van der Waals surface area contributed by atoms with Gasteiger partial charge in [-0.1, -0.05) is 39.5 Å². The molecule has 3 nitrogen and oxygen atoms in total. The first kappa shape index (κ1) is 12.5. The van der Waals surface area contributed by atoms with Gasteiger partial charge in [-0.2, -0.15) is 5.10 Å². The van der Waals surface area contributed by atoms with Gasteiger partial charge in [0.2, 0.25) is 0 Å². The van der Waals surface area contributed by atoms with Gasteiger partial charge >= 0.3 is 0 Å². The summed E-state index contributed by atoms with van der Waals surface area (Å²) < 4.78 is 1.92. The average Bonchev–Trinajstić information content (AvgIpc) is 2.50. The van der Waals surface area contributed by atoms with Crippen molar-refractivity contribution in [3.05, 3.63) is 11.9 Å². The highest BCUT2D eigenvalue weighted by molar-refractivity contribution is 5.48. The van der Waals surface area contributed by atoms with Crippen molar-refractivity contribution in [1.29, 1.82) is 0 Å². The number of anilines is 1. The van der Waals surface area contributed by atoms with Crippen molar-refractivity contribution in [2.75, 3.05) is 5.32 Å². The number of aryl methyl sites for hydroxylation is 1. The molecule has 0 atom stereocenters. The molecule has 1 N–H and O–H groups in total. The fraction of sp³-hybridized carbons (Fsp3) is 0.786. The lowest BCUT2D eigenvalue weighted by Crippen LogP contribution is -2.18. The Labute approximate surface area is 105 Å². The van der Waals surface area contributed by atoms with E-state index in [1.807, 2.05) is 11.7 Å². The highest BCUT2D eigenvalue weighted by Crippen LogP contribution is 2.26. The number of nitrogens with one attached hydrogen (secondary N) is 1. The van der Waals surface area contributed by atoms with Gasteiger partial charge < -0.3 is 5.32 Å². The molecule has 17 heavy (non-hydrogen) atoms. The molecule has 1 aromatic rings. The van der Waals surface area contributed by atoms with Crippen LogP contribution >= 0.6 is 0 Å². The van der Waals surface area contributed by atoms with Gasteiger partial charge in [0.05, 0.1) is 11.4 Å². The summed E-state index contributed by atoms with van der Waals surface area (Å²) in [7, 11) is 2.00. The summed E-state index contributed by atoms with van der Waals surface area (Å²) in [5, 5.41) is 8.26. The molecule has 0 aromatic carbocycles. The fourth-order valence-corrected chi connectivity index (χ4v) is 2.69. The molecule has 0 spiro atoms. The van der Waals surface area contributed by atoms with Crippen LogP contribution in [-0.4, -0.2) is 15.8 Å². The fourth-order valence-electron chi connectivity index (χ4n) is 2.69. The summed E-state index contributed by atoms with van der Waals surface area (Å²) in [5.74, 6) is 0.490. The van der Waals surface area contributed by atoms with E-state index in [1.54, 1.807) is 0 Å². The molecule has 0 unspecified atom stereocenters. The van der Waals surface area contributed by atoms with Gasteiger partial charge in [0.1, 0.15) is 0 Å². The molecule has 0 bridgehead atoms. The van der Waals surface area contributed by atoms with Crippen molar-refractivity contribution in [3.8, 4) is 0 Å². The predicted molar refractivity (Wildman–Crippen MR) is 72.4 cm³/mol. The normalized spacial score (nSPS) is 18.4. The molecule has 1 heterocycles. The van der Waals surface area contributed by atoms with Gasteiger partial charge in [0.25, 0.3) is 0 Å². The van der Waals surface area contributed by atoms with E-state index in [2.05, 4.69) is 30.5 Å². The third-order valence-electron chi connectivity index (χ3n) is 3.62. The quantitative estimate of drug-likeness (QED) is 0.810. The molecular weight excluding hydrogens is 210 g/mol. The van der Waals surface area contributed by atoms with E-state index in [0.717, 1.165) is 0 Å². The molecule has 2 rings (SSSR count). The summed E-state index contributed by atoms with van der Waals surface area (Å²) in [6, 6.07) is 0.652. The summed E-state index contributed by atoms with van der Waals surface area (Å²) in [6.45, 7) is 4.42. The Balaban J connectivity index is 2.06. The summed E-state index contributed by atoms with van der Waals surface area (Å²) in [6.07, 6.45) is 10.3. The Kier molecular flexibility index (Phi) is 4.08. The zero-order valence-electron chi connectivity index (χ0n) is 11.4. The number of aromatic nitrogens is 2. The van der Waals surface area contributed by atoms with E-state index >= 15 is 0 Å². The number of hydrogen-bond donors (Lipinski definition) is 1. The van der Waals surface area contributed by atoms with Gasteiger partial charge in [-0.25, -0.2) is 0 Å². The zero-order valence-corrected chi connectivity index (χ0v) is 11.4. The summed E-state index contributed by atoms with van der Waals surface area (Å²) >= 11 is 0. The smallest absolute Gasteiger partial charge is 0.0881 e. The van der Waals surface area contributed by atoms with Crippen molar-refractivity contribution in [3.63, 3.8) is 0 Å². The summed E-state index contributed by atoms with van der Waals surface area (Å²) in [4.78, 5) is 0. The summed E-state index contributed by atoms with van der Waals surface area (Å²) in [5.41, 5.74) is 2.45. The van der Waals surface area contributed by atoms with Crippen LogP contribution in [0.25, 0.3) is 0 Å². The van der Waals surface area contributed by atoms with E-state index < -0.39 is 0 Å². The van der Waals surface area contributed by atoms with Crippen LogP contribution in [0.5, 0.6) is 0 Å². The van der Waals surface area contributed by atoms with Crippen LogP contribution in [-0.2, 0) is 7.05 Å². The van der Waals surface area contributed by atoms with Crippen LogP contribution in [0, 0.1) is 0 Å². The third kappa shape index (κ3) is 3.24. The second-order valence-electron chi connectivity index (χ2n) is 5.59. The first-order chi connectivity index (χ1) is 8.16. The first-order valence-corrected chi connectivity index (χ1v) is 6.97. The van der Waals surface area contributed by atoms with Gasteiger partial charge in [-0.3, -0.25) is 4.68 Å². The van der Waals surface area contributed by atoms with Crippen LogP contribution in [0.3, 0.4) is 0 Å². The molecule has 0 amide bonds. The van der Waals surface area contributed by atoms with E-state index in [4.69, 9.17) is 0 Å². The largest absolute Gasteiger partial charge is 0.380 e. The van der Waals surface area contributed by atoms with Gasteiger partial charge in [0, 0.05) is 19.3 Å². The van der Waals surface area contributed by atoms with Crippen molar-refractivity contribution >= 4 is 5.69 Å². The van der Waals surface area contributed by atoms with Gasteiger partial charge in [-0.15, -0.1) is 0 Å². The first-order valence-electron chi connectivity index (χ1n) is 6.97. The zero-order chi connectivity index (χ0) is 12.3. The predicted octanol–water partition coefficient (Wildman–Crippen LogP) is 3.68.